The highest BCUT2D eigenvalue weighted by Gasteiger charge is 2.10. The molecular formula is C21H16BrN3O4. The summed E-state index contributed by atoms with van der Waals surface area (Å²) in [5, 5.41) is 25.5. The first-order chi connectivity index (χ1) is 13.9. The van der Waals surface area contributed by atoms with Gasteiger partial charge in [0.2, 0.25) is 0 Å². The number of benzene rings is 3. The summed E-state index contributed by atoms with van der Waals surface area (Å²) >= 11 is 3.33. The lowest BCUT2D eigenvalue weighted by Crippen LogP contribution is -2.18. The molecule has 0 aromatic heterocycles. The maximum Gasteiger partial charge on any atom is 0.271 e. The highest BCUT2D eigenvalue weighted by Crippen LogP contribution is 2.21. The Kier molecular flexibility index (Phi) is 6.25. The van der Waals surface area contributed by atoms with Crippen molar-refractivity contribution >= 4 is 39.6 Å². The number of halogens is 1. The number of anilines is 1. The van der Waals surface area contributed by atoms with Gasteiger partial charge in [0.15, 0.2) is 0 Å². The van der Waals surface area contributed by atoms with Gasteiger partial charge < -0.3 is 15.5 Å². The standard InChI is InChI=1S/C21H16BrN3O4/c22-18-4-2-1-3-17(18)21(29)24-15-8-5-13(6-9-15)20(28)25-23-12-14-7-10-16(26)11-19(14)27/h1-12,26-27H,(H,24,29)(H,25,28)/b23-12+. The summed E-state index contributed by atoms with van der Waals surface area (Å²) in [6.45, 7) is 0. The van der Waals surface area contributed by atoms with Crippen LogP contribution in [0.25, 0.3) is 0 Å². The zero-order chi connectivity index (χ0) is 20.8. The number of carbonyl (C=O) groups is 2. The van der Waals surface area contributed by atoms with Gasteiger partial charge in [0.1, 0.15) is 11.5 Å². The van der Waals surface area contributed by atoms with Crippen LogP contribution >= 0.6 is 15.9 Å². The molecule has 8 heteroatoms. The molecule has 3 aromatic carbocycles. The maximum atomic E-state index is 12.3. The average Bonchev–Trinajstić information content (AvgIpc) is 2.70. The van der Waals surface area contributed by atoms with Gasteiger partial charge >= 0.3 is 0 Å². The molecule has 29 heavy (non-hydrogen) atoms. The predicted molar refractivity (Wildman–Crippen MR) is 113 cm³/mol. The number of phenolic OH excluding ortho intramolecular Hbond substituents is 2. The van der Waals surface area contributed by atoms with Gasteiger partial charge in [0.25, 0.3) is 11.8 Å². The fourth-order valence-corrected chi connectivity index (χ4v) is 2.88. The van der Waals surface area contributed by atoms with Crippen LogP contribution in [0.5, 0.6) is 11.5 Å². The first-order valence-corrected chi connectivity index (χ1v) is 9.24. The van der Waals surface area contributed by atoms with Gasteiger partial charge in [-0.3, -0.25) is 9.59 Å². The molecule has 0 heterocycles. The second-order valence-corrected chi connectivity index (χ2v) is 6.81. The van der Waals surface area contributed by atoms with Crippen LogP contribution in [0.3, 0.4) is 0 Å². The van der Waals surface area contributed by atoms with Crippen molar-refractivity contribution in [1.82, 2.24) is 5.43 Å². The van der Waals surface area contributed by atoms with Gasteiger partial charge in [-0.2, -0.15) is 5.10 Å². The topological polar surface area (TPSA) is 111 Å². The molecule has 0 bridgehead atoms. The number of hydrazone groups is 1. The van der Waals surface area contributed by atoms with Crippen LogP contribution in [-0.4, -0.2) is 28.2 Å². The van der Waals surface area contributed by atoms with Crippen molar-refractivity contribution < 1.29 is 19.8 Å². The smallest absolute Gasteiger partial charge is 0.271 e. The summed E-state index contributed by atoms with van der Waals surface area (Å²) < 4.78 is 0.686. The van der Waals surface area contributed by atoms with Crippen molar-refractivity contribution in [2.45, 2.75) is 0 Å². The zero-order valence-corrected chi connectivity index (χ0v) is 16.6. The van der Waals surface area contributed by atoms with Crippen LogP contribution in [-0.2, 0) is 0 Å². The molecule has 146 valence electrons. The van der Waals surface area contributed by atoms with Crippen molar-refractivity contribution in [1.29, 1.82) is 0 Å². The zero-order valence-electron chi connectivity index (χ0n) is 15.0. The van der Waals surface area contributed by atoms with Crippen molar-refractivity contribution in [3.63, 3.8) is 0 Å². The van der Waals surface area contributed by atoms with Crippen molar-refractivity contribution in [2.75, 3.05) is 5.32 Å². The molecule has 2 amide bonds. The van der Waals surface area contributed by atoms with E-state index >= 15 is 0 Å². The van der Waals surface area contributed by atoms with Gasteiger partial charge in [-0.25, -0.2) is 5.43 Å². The van der Waals surface area contributed by atoms with Crippen LogP contribution < -0.4 is 10.7 Å². The number of carbonyl (C=O) groups excluding carboxylic acids is 2. The molecule has 0 fully saturated rings. The lowest BCUT2D eigenvalue weighted by atomic mass is 10.1. The summed E-state index contributed by atoms with van der Waals surface area (Å²) in [6, 6.07) is 17.4. The fourth-order valence-electron chi connectivity index (χ4n) is 2.41. The summed E-state index contributed by atoms with van der Waals surface area (Å²) in [4.78, 5) is 24.5. The van der Waals surface area contributed by atoms with E-state index in [9.17, 15) is 19.8 Å². The number of hydrogen-bond donors (Lipinski definition) is 4. The Bertz CT molecular complexity index is 1080. The SMILES string of the molecule is O=C(N/N=C/c1ccc(O)cc1O)c1ccc(NC(=O)c2ccccc2Br)cc1. The van der Waals surface area contributed by atoms with E-state index in [1.54, 1.807) is 42.5 Å². The Balaban J connectivity index is 1.60. The summed E-state index contributed by atoms with van der Waals surface area (Å²) in [6.07, 6.45) is 1.26. The molecule has 0 aliphatic carbocycles. The molecule has 3 rings (SSSR count). The molecule has 0 radical (unpaired) electrons. The molecule has 4 N–H and O–H groups in total. The minimum Gasteiger partial charge on any atom is -0.508 e. The molecule has 0 aliphatic rings. The van der Waals surface area contributed by atoms with Gasteiger partial charge in [-0.15, -0.1) is 0 Å². The molecule has 3 aromatic rings. The largest absolute Gasteiger partial charge is 0.508 e. The first kappa shape index (κ1) is 20.1. The Morgan fingerprint density at radius 3 is 2.34 bits per heavy atom. The van der Waals surface area contributed by atoms with Gasteiger partial charge in [0, 0.05) is 27.4 Å². The number of amides is 2. The van der Waals surface area contributed by atoms with Crippen molar-refractivity contribution in [2.24, 2.45) is 5.10 Å². The molecule has 7 nitrogen and oxygen atoms in total. The third-order valence-corrected chi connectivity index (χ3v) is 4.60. The summed E-state index contributed by atoms with van der Waals surface area (Å²) in [5.74, 6) is -0.959. The van der Waals surface area contributed by atoms with Crippen molar-refractivity contribution in [3.8, 4) is 11.5 Å². The van der Waals surface area contributed by atoms with E-state index in [1.165, 1.54) is 24.4 Å². The minimum atomic E-state index is -0.455. The van der Waals surface area contributed by atoms with Crippen LogP contribution in [0.15, 0.2) is 76.3 Å². The third-order valence-electron chi connectivity index (χ3n) is 3.91. The van der Waals surface area contributed by atoms with E-state index in [4.69, 9.17) is 0 Å². The fraction of sp³-hybridized carbons (Fsp3) is 0. The Labute approximate surface area is 174 Å². The lowest BCUT2D eigenvalue weighted by Gasteiger charge is -2.07. The van der Waals surface area contributed by atoms with Gasteiger partial charge in [0.05, 0.1) is 11.8 Å². The van der Waals surface area contributed by atoms with Crippen molar-refractivity contribution in [3.05, 3.63) is 87.9 Å². The highest BCUT2D eigenvalue weighted by molar-refractivity contribution is 9.10. The Hall–Kier alpha value is -3.65. The molecule has 0 saturated carbocycles. The molecule has 0 unspecified atom stereocenters. The summed E-state index contributed by atoms with van der Waals surface area (Å²) in [5.41, 5.74) is 4.07. The van der Waals surface area contributed by atoms with Gasteiger partial charge in [-0.1, -0.05) is 12.1 Å². The number of hydrogen-bond acceptors (Lipinski definition) is 5. The second kappa shape index (κ2) is 9.03. The molecule has 0 aliphatic heterocycles. The van der Waals surface area contributed by atoms with Crippen LogP contribution in [0, 0.1) is 0 Å². The molecule has 0 atom stereocenters. The predicted octanol–water partition coefficient (Wildman–Crippen LogP) is 3.88. The van der Waals surface area contributed by atoms with E-state index < -0.39 is 5.91 Å². The highest BCUT2D eigenvalue weighted by atomic mass is 79.9. The number of nitrogens with zero attached hydrogens (tertiary/aromatic N) is 1. The van der Waals surface area contributed by atoms with E-state index in [1.807, 2.05) is 6.07 Å². The van der Waals surface area contributed by atoms with E-state index in [0.29, 0.717) is 26.9 Å². The second-order valence-electron chi connectivity index (χ2n) is 5.95. The normalized spacial score (nSPS) is 10.7. The van der Waals surface area contributed by atoms with Crippen LogP contribution in [0.2, 0.25) is 0 Å². The third kappa shape index (κ3) is 5.20. The molecule has 0 spiro atoms. The maximum absolute atomic E-state index is 12.3. The number of nitrogens with one attached hydrogen (secondary N) is 2. The quantitative estimate of drug-likeness (QED) is 0.347. The van der Waals surface area contributed by atoms with E-state index in [-0.39, 0.29) is 17.4 Å². The molecular weight excluding hydrogens is 438 g/mol. The lowest BCUT2D eigenvalue weighted by molar-refractivity contribution is 0.0954. The minimum absolute atomic E-state index is 0.0736. The molecule has 0 saturated heterocycles. The van der Waals surface area contributed by atoms with Gasteiger partial charge in [-0.05, 0) is 64.5 Å². The van der Waals surface area contributed by atoms with E-state index in [0.717, 1.165) is 0 Å². The van der Waals surface area contributed by atoms with Crippen LogP contribution in [0.1, 0.15) is 26.3 Å². The average molecular weight is 454 g/mol. The monoisotopic (exact) mass is 453 g/mol. The number of rotatable bonds is 5. The Morgan fingerprint density at radius 2 is 1.66 bits per heavy atom. The van der Waals surface area contributed by atoms with Crippen LogP contribution in [0.4, 0.5) is 5.69 Å². The van der Waals surface area contributed by atoms with E-state index in [2.05, 4.69) is 31.8 Å². The Morgan fingerprint density at radius 1 is 0.931 bits per heavy atom. The summed E-state index contributed by atoms with van der Waals surface area (Å²) in [7, 11) is 0. The first-order valence-electron chi connectivity index (χ1n) is 8.45. The number of aromatic hydroxyl groups is 2. The number of phenols is 2.